The molecule has 0 aliphatic heterocycles. The number of nitrogens with one attached hydrogen (secondary N) is 1. The lowest BCUT2D eigenvalue weighted by atomic mass is 10.0. The predicted molar refractivity (Wildman–Crippen MR) is 93.5 cm³/mol. The summed E-state index contributed by atoms with van der Waals surface area (Å²) in [6, 6.07) is 8.55. The van der Waals surface area contributed by atoms with Gasteiger partial charge in [-0.15, -0.1) is 0 Å². The summed E-state index contributed by atoms with van der Waals surface area (Å²) in [5.74, 6) is 0.536. The predicted octanol–water partition coefficient (Wildman–Crippen LogP) is 3.57. The van der Waals surface area contributed by atoms with Crippen LogP contribution in [0.3, 0.4) is 0 Å². The number of rotatable bonds is 10. The van der Waals surface area contributed by atoms with Crippen LogP contribution in [0.15, 0.2) is 28.7 Å². The fourth-order valence-electron chi connectivity index (χ4n) is 2.25. The first-order valence-electron chi connectivity index (χ1n) is 7.65. The Kier molecular flexibility index (Phi) is 8.52. The second-order valence-corrected chi connectivity index (χ2v) is 8.65. The molecule has 1 rings (SSSR count). The molecule has 0 radical (unpaired) electrons. The lowest BCUT2D eigenvalue weighted by Gasteiger charge is -2.19. The van der Waals surface area contributed by atoms with Crippen LogP contribution in [0.25, 0.3) is 0 Å². The van der Waals surface area contributed by atoms with E-state index in [1.807, 2.05) is 18.2 Å². The van der Waals surface area contributed by atoms with Crippen LogP contribution in [0.2, 0.25) is 0 Å². The van der Waals surface area contributed by atoms with Gasteiger partial charge in [-0.2, -0.15) is 0 Å². The molecule has 0 aromatic heterocycles. The molecule has 0 spiro atoms. The Morgan fingerprint density at radius 2 is 1.95 bits per heavy atom. The highest BCUT2D eigenvalue weighted by molar-refractivity contribution is 9.10. The van der Waals surface area contributed by atoms with Crippen LogP contribution in [0.1, 0.15) is 38.7 Å². The average Bonchev–Trinajstić information content (AvgIpc) is 2.46. The van der Waals surface area contributed by atoms with Crippen LogP contribution in [0.4, 0.5) is 0 Å². The SMILES string of the molecule is CCCNC(CCCS(=O)(=O)CC)Cc1ccccc1Br. The van der Waals surface area contributed by atoms with Crippen molar-refractivity contribution in [3.05, 3.63) is 34.3 Å². The second-order valence-electron chi connectivity index (χ2n) is 5.33. The van der Waals surface area contributed by atoms with Crippen LogP contribution >= 0.6 is 15.9 Å². The van der Waals surface area contributed by atoms with Gasteiger partial charge in [0.2, 0.25) is 0 Å². The molecule has 1 N–H and O–H groups in total. The molecule has 1 atom stereocenters. The summed E-state index contributed by atoms with van der Waals surface area (Å²) in [7, 11) is -2.85. The molecule has 0 aliphatic carbocycles. The molecule has 3 nitrogen and oxygen atoms in total. The van der Waals surface area contributed by atoms with Crippen molar-refractivity contribution >= 4 is 25.8 Å². The Bertz CT molecular complexity index is 517. The van der Waals surface area contributed by atoms with Crippen LogP contribution in [0.5, 0.6) is 0 Å². The third kappa shape index (κ3) is 7.43. The van der Waals surface area contributed by atoms with Gasteiger partial charge in [0.05, 0.1) is 5.75 Å². The summed E-state index contributed by atoms with van der Waals surface area (Å²) < 4.78 is 24.3. The van der Waals surface area contributed by atoms with Gasteiger partial charge in [-0.25, -0.2) is 8.42 Å². The first-order chi connectivity index (χ1) is 9.98. The summed E-state index contributed by atoms with van der Waals surface area (Å²) in [6.45, 7) is 4.82. The smallest absolute Gasteiger partial charge is 0.150 e. The van der Waals surface area contributed by atoms with E-state index < -0.39 is 9.84 Å². The highest BCUT2D eigenvalue weighted by Crippen LogP contribution is 2.19. The third-order valence-electron chi connectivity index (χ3n) is 3.55. The molecular weight excluding hydrogens is 350 g/mol. The largest absolute Gasteiger partial charge is 0.314 e. The zero-order valence-corrected chi connectivity index (χ0v) is 15.3. The number of halogens is 1. The van der Waals surface area contributed by atoms with Crippen LogP contribution in [-0.2, 0) is 16.3 Å². The Balaban J connectivity index is 2.57. The van der Waals surface area contributed by atoms with Gasteiger partial charge in [-0.05, 0) is 43.9 Å². The summed E-state index contributed by atoms with van der Waals surface area (Å²) >= 11 is 3.58. The maximum absolute atomic E-state index is 11.6. The van der Waals surface area contributed by atoms with Crippen molar-refractivity contribution in [2.24, 2.45) is 0 Å². The molecule has 21 heavy (non-hydrogen) atoms. The van der Waals surface area contributed by atoms with Crippen LogP contribution in [0, 0.1) is 0 Å². The van der Waals surface area contributed by atoms with Gasteiger partial charge in [0.1, 0.15) is 9.84 Å². The molecule has 1 unspecified atom stereocenters. The monoisotopic (exact) mass is 375 g/mol. The summed E-state index contributed by atoms with van der Waals surface area (Å²) in [5.41, 5.74) is 1.27. The average molecular weight is 376 g/mol. The molecule has 0 bridgehead atoms. The van der Waals surface area contributed by atoms with Crippen molar-refractivity contribution < 1.29 is 8.42 Å². The van der Waals surface area contributed by atoms with Crippen molar-refractivity contribution in [1.82, 2.24) is 5.32 Å². The maximum Gasteiger partial charge on any atom is 0.150 e. The standard InChI is InChI=1S/C16H26BrNO2S/c1-3-11-18-15(9-7-12-21(19,20)4-2)13-14-8-5-6-10-16(14)17/h5-6,8,10,15,18H,3-4,7,9,11-13H2,1-2H3. The Morgan fingerprint density at radius 1 is 1.24 bits per heavy atom. The molecule has 0 aliphatic rings. The second kappa shape index (κ2) is 9.59. The fourth-order valence-corrected chi connectivity index (χ4v) is 3.59. The van der Waals surface area contributed by atoms with E-state index in [1.165, 1.54) is 5.56 Å². The van der Waals surface area contributed by atoms with Crippen molar-refractivity contribution in [1.29, 1.82) is 0 Å². The van der Waals surface area contributed by atoms with Crippen molar-refractivity contribution in [2.45, 2.75) is 45.6 Å². The lowest BCUT2D eigenvalue weighted by molar-refractivity contribution is 0.471. The maximum atomic E-state index is 11.6. The quantitative estimate of drug-likeness (QED) is 0.679. The number of hydrogen-bond donors (Lipinski definition) is 1. The van der Waals surface area contributed by atoms with Gasteiger partial charge in [0.25, 0.3) is 0 Å². The van der Waals surface area contributed by atoms with Crippen molar-refractivity contribution in [2.75, 3.05) is 18.1 Å². The molecule has 5 heteroatoms. The van der Waals surface area contributed by atoms with Gasteiger partial charge in [0, 0.05) is 16.3 Å². The van der Waals surface area contributed by atoms with E-state index in [1.54, 1.807) is 6.92 Å². The first-order valence-corrected chi connectivity index (χ1v) is 10.3. The van der Waals surface area contributed by atoms with Crippen LogP contribution < -0.4 is 5.32 Å². The van der Waals surface area contributed by atoms with E-state index in [-0.39, 0.29) is 5.75 Å². The van der Waals surface area contributed by atoms with Gasteiger partial charge >= 0.3 is 0 Å². The Labute approximate surface area is 137 Å². The topological polar surface area (TPSA) is 46.2 Å². The lowest BCUT2D eigenvalue weighted by Crippen LogP contribution is -2.32. The van der Waals surface area contributed by atoms with E-state index in [0.717, 1.165) is 36.7 Å². The van der Waals surface area contributed by atoms with Crippen molar-refractivity contribution in [3.8, 4) is 0 Å². The van der Waals surface area contributed by atoms with Gasteiger partial charge in [0.15, 0.2) is 0 Å². The highest BCUT2D eigenvalue weighted by atomic mass is 79.9. The molecule has 120 valence electrons. The summed E-state index contributed by atoms with van der Waals surface area (Å²) in [4.78, 5) is 0. The van der Waals surface area contributed by atoms with Crippen molar-refractivity contribution in [3.63, 3.8) is 0 Å². The summed E-state index contributed by atoms with van der Waals surface area (Å²) in [5, 5.41) is 3.53. The number of benzene rings is 1. The van der Waals surface area contributed by atoms with Gasteiger partial charge in [-0.1, -0.05) is 48.0 Å². The van der Waals surface area contributed by atoms with Gasteiger partial charge < -0.3 is 5.32 Å². The highest BCUT2D eigenvalue weighted by Gasteiger charge is 2.13. The third-order valence-corrected chi connectivity index (χ3v) is 6.12. The molecule has 0 saturated carbocycles. The van der Waals surface area contributed by atoms with Gasteiger partial charge in [-0.3, -0.25) is 0 Å². The zero-order valence-electron chi connectivity index (χ0n) is 12.9. The minimum absolute atomic E-state index is 0.240. The Hall–Kier alpha value is -0.390. The first kappa shape index (κ1) is 18.7. The molecule has 1 aromatic carbocycles. The van der Waals surface area contributed by atoms with Crippen LogP contribution in [-0.4, -0.2) is 32.5 Å². The molecule has 0 fully saturated rings. The van der Waals surface area contributed by atoms with E-state index in [9.17, 15) is 8.42 Å². The zero-order chi connectivity index (χ0) is 15.7. The van der Waals surface area contributed by atoms with E-state index in [2.05, 4.69) is 34.2 Å². The fraction of sp³-hybridized carbons (Fsp3) is 0.625. The molecule has 1 aromatic rings. The molecule has 0 heterocycles. The van der Waals surface area contributed by atoms with E-state index >= 15 is 0 Å². The normalized spacial score (nSPS) is 13.3. The molecular formula is C16H26BrNO2S. The molecule has 0 saturated heterocycles. The summed E-state index contributed by atoms with van der Waals surface area (Å²) in [6.07, 6.45) is 3.62. The number of sulfone groups is 1. The minimum atomic E-state index is -2.85. The number of hydrogen-bond acceptors (Lipinski definition) is 3. The minimum Gasteiger partial charge on any atom is -0.314 e. The Morgan fingerprint density at radius 3 is 2.57 bits per heavy atom. The molecule has 0 amide bonds. The van der Waals surface area contributed by atoms with E-state index in [0.29, 0.717) is 11.8 Å². The van der Waals surface area contributed by atoms with E-state index in [4.69, 9.17) is 0 Å².